The van der Waals surface area contributed by atoms with E-state index in [4.69, 9.17) is 4.74 Å². The first-order chi connectivity index (χ1) is 18.8. The van der Waals surface area contributed by atoms with Gasteiger partial charge in [0.2, 0.25) is 0 Å². The van der Waals surface area contributed by atoms with Gasteiger partial charge in [-0.15, -0.1) is 0 Å². The fraction of sp³-hybridized carbons (Fsp3) is 0.267. The fourth-order valence-electron chi connectivity index (χ4n) is 5.65. The number of benzene rings is 1. The highest BCUT2D eigenvalue weighted by molar-refractivity contribution is 7.91. The molecule has 0 fully saturated rings. The van der Waals surface area contributed by atoms with Gasteiger partial charge in [-0.2, -0.15) is 0 Å². The third-order valence-electron chi connectivity index (χ3n) is 7.38. The van der Waals surface area contributed by atoms with Gasteiger partial charge >= 0.3 is 0 Å². The Balaban J connectivity index is 1.40. The predicted molar refractivity (Wildman–Crippen MR) is 151 cm³/mol. The lowest BCUT2D eigenvalue weighted by Crippen LogP contribution is -2.38. The number of ether oxygens (including phenoxy) is 1. The lowest BCUT2D eigenvalue weighted by atomic mass is 9.92. The number of rotatable bonds is 7. The topological polar surface area (TPSA) is 93.5 Å². The normalized spacial score (nSPS) is 18.0. The number of aryl methyl sites for hydroxylation is 1. The number of para-hydroxylation sites is 1. The van der Waals surface area contributed by atoms with Crippen molar-refractivity contribution in [1.82, 2.24) is 19.8 Å². The molecular weight excluding hydrogens is 512 g/mol. The first-order valence-electron chi connectivity index (χ1n) is 12.9. The van der Waals surface area contributed by atoms with Crippen molar-refractivity contribution < 1.29 is 13.2 Å². The summed E-state index contributed by atoms with van der Waals surface area (Å²) >= 11 is 0. The van der Waals surface area contributed by atoms with E-state index in [1.165, 1.54) is 6.26 Å². The Hall–Kier alpha value is -4.11. The lowest BCUT2D eigenvalue weighted by Gasteiger charge is -2.32. The van der Waals surface area contributed by atoms with Crippen LogP contribution in [0.4, 0.5) is 0 Å². The summed E-state index contributed by atoms with van der Waals surface area (Å²) in [6, 6.07) is 15.6. The summed E-state index contributed by atoms with van der Waals surface area (Å²) in [5, 5.41) is 3.49. The Morgan fingerprint density at radius 2 is 1.95 bits per heavy atom. The molecule has 9 heteroatoms. The number of fused-ring (bicyclic) bond motifs is 2. The quantitative estimate of drug-likeness (QED) is 0.490. The molecule has 1 aliphatic carbocycles. The Labute approximate surface area is 227 Å². The average molecular weight is 543 g/mol. The molecule has 0 spiro atoms. The van der Waals surface area contributed by atoms with Crippen LogP contribution in [0.3, 0.4) is 0 Å². The van der Waals surface area contributed by atoms with Gasteiger partial charge in [-0.25, -0.2) is 8.42 Å². The predicted octanol–water partition coefficient (Wildman–Crippen LogP) is 3.27. The molecule has 3 aromatic rings. The van der Waals surface area contributed by atoms with Crippen LogP contribution < -0.4 is 15.6 Å². The second-order valence-corrected chi connectivity index (χ2v) is 12.4. The summed E-state index contributed by atoms with van der Waals surface area (Å²) in [5.41, 5.74) is 6.38. The van der Waals surface area contributed by atoms with Crippen molar-refractivity contribution in [2.45, 2.75) is 25.6 Å². The Kier molecular flexibility index (Phi) is 6.38. The highest BCUT2D eigenvalue weighted by atomic mass is 32.2. The van der Waals surface area contributed by atoms with E-state index in [1.807, 2.05) is 48.5 Å². The number of hydrogen-bond donors (Lipinski definition) is 1. The van der Waals surface area contributed by atoms with Crippen LogP contribution in [0.15, 0.2) is 89.1 Å². The van der Waals surface area contributed by atoms with Gasteiger partial charge in [-0.3, -0.25) is 9.78 Å². The van der Waals surface area contributed by atoms with Crippen molar-refractivity contribution in [3.05, 3.63) is 117 Å². The minimum absolute atomic E-state index is 0.0479. The van der Waals surface area contributed by atoms with Crippen LogP contribution in [-0.4, -0.2) is 47.5 Å². The van der Waals surface area contributed by atoms with E-state index in [0.717, 1.165) is 40.3 Å². The van der Waals surface area contributed by atoms with E-state index < -0.39 is 9.84 Å². The molecule has 39 heavy (non-hydrogen) atoms. The van der Waals surface area contributed by atoms with Gasteiger partial charge in [-0.05, 0) is 53.5 Å². The van der Waals surface area contributed by atoms with Gasteiger partial charge in [0.1, 0.15) is 12.4 Å². The number of nitrogens with zero attached hydrogens (tertiary/aromatic N) is 3. The maximum Gasteiger partial charge on any atom is 0.260 e. The van der Waals surface area contributed by atoms with Crippen LogP contribution in [0, 0.1) is 0 Å². The minimum atomic E-state index is -3.33. The summed E-state index contributed by atoms with van der Waals surface area (Å²) in [5.74, 6) is 0.657. The molecule has 8 nitrogen and oxygen atoms in total. The van der Waals surface area contributed by atoms with E-state index in [1.54, 1.807) is 24.0 Å². The molecule has 1 unspecified atom stereocenters. The zero-order chi connectivity index (χ0) is 27.1. The zero-order valence-corrected chi connectivity index (χ0v) is 22.7. The number of pyridine rings is 2. The maximum absolute atomic E-state index is 13.4. The van der Waals surface area contributed by atoms with E-state index >= 15 is 0 Å². The Morgan fingerprint density at radius 3 is 2.74 bits per heavy atom. The molecule has 0 amide bonds. The maximum atomic E-state index is 13.4. The molecule has 0 saturated carbocycles. The van der Waals surface area contributed by atoms with Crippen molar-refractivity contribution >= 4 is 21.1 Å². The van der Waals surface area contributed by atoms with Crippen LogP contribution in [0.5, 0.6) is 5.75 Å². The molecule has 200 valence electrons. The second kappa shape index (κ2) is 9.89. The Morgan fingerprint density at radius 1 is 1.13 bits per heavy atom. The summed E-state index contributed by atoms with van der Waals surface area (Å²) < 4.78 is 32.5. The highest BCUT2D eigenvalue weighted by Gasteiger charge is 2.38. The molecule has 2 aliphatic heterocycles. The number of nitrogens with one attached hydrogen (secondary N) is 1. The molecular formula is C30H30N4O4S. The Bertz CT molecular complexity index is 1700. The van der Waals surface area contributed by atoms with Gasteiger partial charge in [0.25, 0.3) is 5.56 Å². The van der Waals surface area contributed by atoms with Crippen LogP contribution in [0.25, 0.3) is 11.3 Å². The standard InChI is InChI=1S/C30H30N4O4S/c1-33-14-11-24-22(19-39(2,36)37)15-21-17-34(25-10-13-32-29(27(21)25)28(24)30(33)35)16-20-7-3-4-9-26(20)38-18-23-8-5-6-12-31-23/h3-9,11-12,14-15,17,25,32H,10,13,16,18-19H2,1-2H3. The highest BCUT2D eigenvalue weighted by Crippen LogP contribution is 2.43. The summed E-state index contributed by atoms with van der Waals surface area (Å²) in [6.07, 6.45) is 9.59. The fourth-order valence-corrected chi connectivity index (χ4v) is 6.46. The van der Waals surface area contributed by atoms with Gasteiger partial charge in [-0.1, -0.05) is 24.3 Å². The monoisotopic (exact) mass is 542 g/mol. The molecule has 1 atom stereocenters. The first kappa shape index (κ1) is 25.2. The molecule has 3 aliphatic rings. The third kappa shape index (κ3) is 4.90. The van der Waals surface area contributed by atoms with Crippen LogP contribution >= 0.6 is 0 Å². The van der Waals surface area contributed by atoms with Gasteiger partial charge in [0, 0.05) is 56.1 Å². The zero-order valence-electron chi connectivity index (χ0n) is 21.9. The van der Waals surface area contributed by atoms with E-state index in [-0.39, 0.29) is 17.4 Å². The van der Waals surface area contributed by atoms with E-state index in [0.29, 0.717) is 36.4 Å². The molecule has 2 aromatic heterocycles. The SMILES string of the molecule is Cn1ccc2c(c1=O)C1=C3C(=CN(Cc4ccccc4OCc4ccccn4)C3CCN1)C=C2CS(C)(=O)=O. The molecule has 0 saturated heterocycles. The van der Waals surface area contributed by atoms with Gasteiger partial charge in [0.15, 0.2) is 9.84 Å². The van der Waals surface area contributed by atoms with Crippen molar-refractivity contribution in [2.24, 2.45) is 7.05 Å². The number of aromatic nitrogens is 2. The van der Waals surface area contributed by atoms with Crippen molar-refractivity contribution in [2.75, 3.05) is 18.6 Å². The van der Waals surface area contributed by atoms with Crippen molar-refractivity contribution in [1.29, 1.82) is 0 Å². The average Bonchev–Trinajstić information content (AvgIpc) is 3.19. The summed E-state index contributed by atoms with van der Waals surface area (Å²) in [4.78, 5) is 20.1. The minimum Gasteiger partial charge on any atom is -0.487 e. The molecule has 0 radical (unpaired) electrons. The summed E-state index contributed by atoms with van der Waals surface area (Å²) in [7, 11) is -1.61. The smallest absolute Gasteiger partial charge is 0.260 e. The number of allylic oxidation sites excluding steroid dienone is 1. The van der Waals surface area contributed by atoms with Gasteiger partial charge < -0.3 is 19.5 Å². The second-order valence-electron chi connectivity index (χ2n) is 10.3. The molecule has 4 heterocycles. The molecule has 1 N–H and O–H groups in total. The third-order valence-corrected chi connectivity index (χ3v) is 8.21. The molecule has 6 rings (SSSR count). The first-order valence-corrected chi connectivity index (χ1v) is 15.0. The van der Waals surface area contributed by atoms with Crippen molar-refractivity contribution in [3.8, 4) is 5.75 Å². The summed E-state index contributed by atoms with van der Waals surface area (Å²) in [6.45, 7) is 1.69. The van der Waals surface area contributed by atoms with Crippen molar-refractivity contribution in [3.63, 3.8) is 0 Å². The van der Waals surface area contributed by atoms with Crippen LogP contribution in [0.2, 0.25) is 0 Å². The van der Waals surface area contributed by atoms with Gasteiger partial charge in [0.05, 0.1) is 28.7 Å². The van der Waals surface area contributed by atoms with E-state index in [9.17, 15) is 13.2 Å². The lowest BCUT2D eigenvalue weighted by molar-refractivity contribution is 0.274. The van der Waals surface area contributed by atoms with E-state index in [2.05, 4.69) is 27.5 Å². The number of hydrogen-bond acceptors (Lipinski definition) is 7. The largest absolute Gasteiger partial charge is 0.487 e. The molecule has 1 aromatic carbocycles. The van der Waals surface area contributed by atoms with Crippen LogP contribution in [-0.2, 0) is 30.0 Å². The molecule has 0 bridgehead atoms. The van der Waals surface area contributed by atoms with Crippen LogP contribution in [0.1, 0.15) is 28.8 Å². The number of sulfone groups is 1.